The van der Waals surface area contributed by atoms with Gasteiger partial charge in [0.2, 0.25) is 5.91 Å². The fourth-order valence-corrected chi connectivity index (χ4v) is 3.02. The second-order valence-corrected chi connectivity index (χ2v) is 6.06. The number of rotatable bonds is 6. The summed E-state index contributed by atoms with van der Waals surface area (Å²) in [6.45, 7) is 0. The van der Waals surface area contributed by atoms with Crippen LogP contribution in [0.2, 0.25) is 0 Å². The number of carbonyl (C=O) groups is 1. The first-order valence-electron chi connectivity index (χ1n) is 7.24. The number of H-pyrrole nitrogens is 1. The van der Waals surface area contributed by atoms with E-state index in [9.17, 15) is 14.9 Å². The van der Waals surface area contributed by atoms with Gasteiger partial charge in [0.25, 0.3) is 5.69 Å². The lowest BCUT2D eigenvalue weighted by Gasteiger charge is -2.05. The summed E-state index contributed by atoms with van der Waals surface area (Å²) in [6.07, 6.45) is 0.230. The summed E-state index contributed by atoms with van der Waals surface area (Å²) in [7, 11) is 0. The molecule has 0 aliphatic carbocycles. The lowest BCUT2D eigenvalue weighted by atomic mass is 10.2. The van der Waals surface area contributed by atoms with Crippen molar-refractivity contribution < 1.29 is 9.72 Å². The molecule has 0 aliphatic rings. The number of nitro groups is 1. The quantitative estimate of drug-likeness (QED) is 0.405. The normalized spacial score (nSPS) is 10.7. The zero-order chi connectivity index (χ0) is 16.9. The summed E-state index contributed by atoms with van der Waals surface area (Å²) in [6, 6.07) is 13.8. The number of anilines is 1. The van der Waals surface area contributed by atoms with Crippen LogP contribution >= 0.6 is 11.8 Å². The molecule has 3 aromatic rings. The molecule has 24 heavy (non-hydrogen) atoms. The molecule has 1 amide bonds. The van der Waals surface area contributed by atoms with Gasteiger partial charge in [0.1, 0.15) is 5.69 Å². The zero-order valence-electron chi connectivity index (χ0n) is 12.6. The lowest BCUT2D eigenvalue weighted by Crippen LogP contribution is -2.13. The smallest absolute Gasteiger partial charge is 0.292 e. The van der Waals surface area contributed by atoms with Gasteiger partial charge in [-0.3, -0.25) is 14.9 Å². The number of fused-ring (bicyclic) bond motifs is 1. The number of carbonyl (C=O) groups excluding carboxylic acids is 1. The van der Waals surface area contributed by atoms with E-state index in [1.54, 1.807) is 12.1 Å². The number of amides is 1. The molecule has 0 unspecified atom stereocenters. The van der Waals surface area contributed by atoms with E-state index in [1.807, 2.05) is 24.3 Å². The van der Waals surface area contributed by atoms with Crippen LogP contribution in [0.1, 0.15) is 6.42 Å². The Hall–Kier alpha value is -2.87. The maximum absolute atomic E-state index is 12.0. The number of nitrogens with zero attached hydrogens (tertiary/aromatic N) is 2. The number of aromatic nitrogens is 2. The number of nitrogens with one attached hydrogen (secondary N) is 2. The Kier molecular flexibility index (Phi) is 4.76. The maximum atomic E-state index is 12.0. The van der Waals surface area contributed by atoms with Crippen molar-refractivity contribution in [1.29, 1.82) is 0 Å². The minimum atomic E-state index is -0.515. The minimum Gasteiger partial charge on any atom is -0.333 e. The first-order valence-corrected chi connectivity index (χ1v) is 8.23. The SMILES string of the molecule is O=C(CCSc1nc2ccccc2[nH]1)Nc1ccccc1[N+](=O)[O-]. The van der Waals surface area contributed by atoms with Gasteiger partial charge in [0, 0.05) is 18.2 Å². The molecule has 0 aliphatic heterocycles. The fourth-order valence-electron chi connectivity index (χ4n) is 2.19. The average Bonchev–Trinajstić information content (AvgIpc) is 2.97. The summed E-state index contributed by atoms with van der Waals surface area (Å²) in [5, 5.41) is 14.3. The van der Waals surface area contributed by atoms with Crippen molar-refractivity contribution in [3.8, 4) is 0 Å². The second-order valence-electron chi connectivity index (χ2n) is 4.98. The summed E-state index contributed by atoms with van der Waals surface area (Å²) >= 11 is 1.43. The number of imidazole rings is 1. The molecule has 0 spiro atoms. The van der Waals surface area contributed by atoms with E-state index < -0.39 is 4.92 Å². The Morgan fingerprint density at radius 1 is 1.21 bits per heavy atom. The average molecular weight is 342 g/mol. The highest BCUT2D eigenvalue weighted by Crippen LogP contribution is 2.24. The van der Waals surface area contributed by atoms with Gasteiger partial charge in [-0.1, -0.05) is 36.0 Å². The van der Waals surface area contributed by atoms with Gasteiger partial charge in [0.05, 0.1) is 16.0 Å². The predicted molar refractivity (Wildman–Crippen MR) is 93.2 cm³/mol. The van der Waals surface area contributed by atoms with E-state index in [2.05, 4.69) is 15.3 Å². The fraction of sp³-hybridized carbons (Fsp3) is 0.125. The Morgan fingerprint density at radius 3 is 2.75 bits per heavy atom. The first-order chi connectivity index (χ1) is 11.6. The molecule has 1 aromatic heterocycles. The van der Waals surface area contributed by atoms with Crippen molar-refractivity contribution in [2.45, 2.75) is 11.6 Å². The van der Waals surface area contributed by atoms with Crippen molar-refractivity contribution in [2.24, 2.45) is 0 Å². The molecule has 122 valence electrons. The molecule has 2 N–H and O–H groups in total. The number of para-hydroxylation sites is 4. The van der Waals surface area contributed by atoms with Crippen LogP contribution in [-0.4, -0.2) is 26.6 Å². The lowest BCUT2D eigenvalue weighted by molar-refractivity contribution is -0.383. The van der Waals surface area contributed by atoms with E-state index in [1.165, 1.54) is 23.9 Å². The topological polar surface area (TPSA) is 101 Å². The van der Waals surface area contributed by atoms with Crippen molar-refractivity contribution in [2.75, 3.05) is 11.1 Å². The van der Waals surface area contributed by atoms with Gasteiger partial charge in [-0.2, -0.15) is 0 Å². The van der Waals surface area contributed by atoms with Crippen molar-refractivity contribution in [1.82, 2.24) is 9.97 Å². The monoisotopic (exact) mass is 342 g/mol. The van der Waals surface area contributed by atoms with E-state index in [4.69, 9.17) is 0 Å². The first kappa shape index (κ1) is 16.0. The van der Waals surface area contributed by atoms with Crippen molar-refractivity contribution >= 4 is 40.1 Å². The van der Waals surface area contributed by atoms with Crippen molar-refractivity contribution in [3.63, 3.8) is 0 Å². The van der Waals surface area contributed by atoms with Gasteiger partial charge in [-0.15, -0.1) is 0 Å². The predicted octanol–water partition coefficient (Wildman–Crippen LogP) is 3.59. The van der Waals surface area contributed by atoms with Crippen LogP contribution in [-0.2, 0) is 4.79 Å². The van der Waals surface area contributed by atoms with E-state index in [0.29, 0.717) is 5.75 Å². The Labute approximate surface area is 141 Å². The Balaban J connectivity index is 1.55. The molecule has 0 bridgehead atoms. The standard InChI is InChI=1S/C16H14N4O3S/c21-15(17-13-7-3-4-8-14(13)20(22)23)9-10-24-16-18-11-5-1-2-6-12(11)19-16/h1-8H,9-10H2,(H,17,21)(H,18,19). The summed E-state index contributed by atoms with van der Waals surface area (Å²) < 4.78 is 0. The van der Waals surface area contributed by atoms with Crippen molar-refractivity contribution in [3.05, 3.63) is 58.6 Å². The number of benzene rings is 2. The maximum Gasteiger partial charge on any atom is 0.292 e. The highest BCUT2D eigenvalue weighted by molar-refractivity contribution is 7.99. The van der Waals surface area contributed by atoms with Crippen LogP contribution in [0.15, 0.2) is 53.7 Å². The van der Waals surface area contributed by atoms with Crippen LogP contribution in [0.5, 0.6) is 0 Å². The number of hydrogen-bond acceptors (Lipinski definition) is 5. The zero-order valence-corrected chi connectivity index (χ0v) is 13.4. The number of nitro benzene ring substituents is 1. The van der Waals surface area contributed by atoms with Crippen LogP contribution in [0.4, 0.5) is 11.4 Å². The van der Waals surface area contributed by atoms with Gasteiger partial charge in [-0.25, -0.2) is 4.98 Å². The van der Waals surface area contributed by atoms with E-state index in [0.717, 1.165) is 16.2 Å². The highest BCUT2D eigenvalue weighted by Gasteiger charge is 2.14. The summed E-state index contributed by atoms with van der Waals surface area (Å²) in [5.41, 5.74) is 1.92. The third kappa shape index (κ3) is 3.72. The van der Waals surface area contributed by atoms with Crippen LogP contribution in [0, 0.1) is 10.1 Å². The third-order valence-corrected chi connectivity index (χ3v) is 4.19. The molecular weight excluding hydrogens is 328 g/mol. The molecule has 1 heterocycles. The molecule has 8 heteroatoms. The number of thioether (sulfide) groups is 1. The molecule has 0 saturated heterocycles. The highest BCUT2D eigenvalue weighted by atomic mass is 32.2. The number of hydrogen-bond donors (Lipinski definition) is 2. The molecule has 0 fully saturated rings. The van der Waals surface area contributed by atoms with Gasteiger partial charge in [0.15, 0.2) is 5.16 Å². The van der Waals surface area contributed by atoms with E-state index >= 15 is 0 Å². The van der Waals surface area contributed by atoms with Gasteiger partial charge < -0.3 is 10.3 Å². The van der Waals surface area contributed by atoms with Gasteiger partial charge >= 0.3 is 0 Å². The largest absolute Gasteiger partial charge is 0.333 e. The number of aromatic amines is 1. The molecule has 0 atom stereocenters. The van der Waals surface area contributed by atoms with E-state index in [-0.39, 0.29) is 23.7 Å². The Morgan fingerprint density at radius 2 is 1.96 bits per heavy atom. The molecule has 3 rings (SSSR count). The molecular formula is C16H14N4O3S. The minimum absolute atomic E-state index is 0.115. The Bertz CT molecular complexity index is 861. The summed E-state index contributed by atoms with van der Waals surface area (Å²) in [5.74, 6) is 0.250. The molecule has 0 saturated carbocycles. The second kappa shape index (κ2) is 7.14. The van der Waals surface area contributed by atoms with Crippen LogP contribution in [0.25, 0.3) is 11.0 Å². The molecule has 2 aromatic carbocycles. The molecule has 0 radical (unpaired) electrons. The molecule has 7 nitrogen and oxygen atoms in total. The summed E-state index contributed by atoms with van der Waals surface area (Å²) in [4.78, 5) is 30.0. The van der Waals surface area contributed by atoms with Crippen LogP contribution in [0.3, 0.4) is 0 Å². The third-order valence-electron chi connectivity index (χ3n) is 3.31. The van der Waals surface area contributed by atoms with Crippen LogP contribution < -0.4 is 5.32 Å². The van der Waals surface area contributed by atoms with Gasteiger partial charge in [-0.05, 0) is 18.2 Å².